The van der Waals surface area contributed by atoms with E-state index in [9.17, 15) is 18.4 Å². The van der Waals surface area contributed by atoms with Gasteiger partial charge in [0.1, 0.15) is 5.69 Å². The number of carbonyl (C=O) groups is 2. The summed E-state index contributed by atoms with van der Waals surface area (Å²) in [6, 6.07) is 0. The molecule has 25 heavy (non-hydrogen) atoms. The van der Waals surface area contributed by atoms with Gasteiger partial charge in [0.25, 0.3) is 0 Å². The first-order valence-electron chi connectivity index (χ1n) is 8.42. The van der Waals surface area contributed by atoms with E-state index in [4.69, 9.17) is 5.21 Å². The molecule has 4 fully saturated rings. The fourth-order valence-corrected chi connectivity index (χ4v) is 6.01. The highest BCUT2D eigenvalue weighted by Crippen LogP contribution is 2.60. The van der Waals surface area contributed by atoms with Crippen molar-refractivity contribution in [1.29, 1.82) is 0 Å². The number of hydroxylamine groups is 1. The van der Waals surface area contributed by atoms with Crippen molar-refractivity contribution in [2.75, 3.05) is 5.32 Å². The Balaban J connectivity index is 1.50. The molecule has 9 heteroatoms. The molecule has 0 atom stereocenters. The van der Waals surface area contributed by atoms with Crippen molar-refractivity contribution in [3.63, 3.8) is 0 Å². The summed E-state index contributed by atoms with van der Waals surface area (Å²) in [5.41, 5.74) is -0.253. The maximum absolute atomic E-state index is 13.8. The molecular formula is C16H19F2N3O3S. The van der Waals surface area contributed by atoms with Gasteiger partial charge in [-0.1, -0.05) is 0 Å². The molecule has 0 aliphatic heterocycles. The van der Waals surface area contributed by atoms with Crippen LogP contribution in [0.15, 0.2) is 5.38 Å². The molecule has 4 bridgehead atoms. The molecule has 0 radical (unpaired) electrons. The van der Waals surface area contributed by atoms with Crippen LogP contribution < -0.4 is 10.8 Å². The lowest BCUT2D eigenvalue weighted by molar-refractivity contribution is -0.156. The Morgan fingerprint density at radius 3 is 2.28 bits per heavy atom. The van der Waals surface area contributed by atoms with E-state index in [1.54, 1.807) is 0 Å². The smallest absolute Gasteiger partial charge is 0.301 e. The van der Waals surface area contributed by atoms with Crippen molar-refractivity contribution in [2.24, 2.45) is 23.2 Å². The summed E-state index contributed by atoms with van der Waals surface area (Å²) in [6.07, 6.45) is 6.22. The highest BCUT2D eigenvalue weighted by atomic mass is 32.1. The molecular weight excluding hydrogens is 352 g/mol. The van der Waals surface area contributed by atoms with Gasteiger partial charge >= 0.3 is 11.8 Å². The number of alkyl halides is 2. The first-order chi connectivity index (χ1) is 11.8. The van der Waals surface area contributed by atoms with E-state index in [1.807, 2.05) is 0 Å². The third-order valence-electron chi connectivity index (χ3n) is 5.95. The van der Waals surface area contributed by atoms with Crippen LogP contribution in [0.5, 0.6) is 0 Å². The Morgan fingerprint density at radius 1 is 1.20 bits per heavy atom. The van der Waals surface area contributed by atoms with Gasteiger partial charge < -0.3 is 5.32 Å². The lowest BCUT2D eigenvalue weighted by Gasteiger charge is -2.55. The van der Waals surface area contributed by atoms with Gasteiger partial charge in [0.2, 0.25) is 5.91 Å². The Kier molecular flexibility index (Phi) is 3.84. The van der Waals surface area contributed by atoms with Crippen molar-refractivity contribution in [3.8, 4) is 0 Å². The second-order valence-corrected chi connectivity index (χ2v) is 8.56. The maximum atomic E-state index is 13.8. The van der Waals surface area contributed by atoms with Crippen LogP contribution in [0.1, 0.15) is 44.2 Å². The first-order valence-corrected chi connectivity index (χ1v) is 9.30. The van der Waals surface area contributed by atoms with Crippen LogP contribution >= 0.6 is 11.3 Å². The number of nitrogens with one attached hydrogen (secondary N) is 2. The predicted molar refractivity (Wildman–Crippen MR) is 85.2 cm³/mol. The van der Waals surface area contributed by atoms with E-state index >= 15 is 0 Å². The van der Waals surface area contributed by atoms with E-state index in [2.05, 4.69) is 10.3 Å². The second kappa shape index (κ2) is 5.70. The van der Waals surface area contributed by atoms with Gasteiger partial charge in [-0.3, -0.25) is 14.8 Å². The monoisotopic (exact) mass is 371 g/mol. The number of nitrogens with zero attached hydrogens (tertiary/aromatic N) is 1. The second-order valence-electron chi connectivity index (χ2n) is 7.71. The van der Waals surface area contributed by atoms with Crippen LogP contribution in [0, 0.1) is 23.2 Å². The molecule has 0 spiro atoms. The molecule has 4 saturated carbocycles. The largest absolute Gasteiger partial charge is 0.369 e. The van der Waals surface area contributed by atoms with E-state index in [-0.39, 0.29) is 11.0 Å². The molecule has 1 aromatic rings. The van der Waals surface area contributed by atoms with Crippen molar-refractivity contribution < 1.29 is 23.6 Å². The average Bonchev–Trinajstić information content (AvgIpc) is 3.02. The molecule has 1 aromatic heterocycles. The van der Waals surface area contributed by atoms with Crippen molar-refractivity contribution in [1.82, 2.24) is 10.5 Å². The summed E-state index contributed by atoms with van der Waals surface area (Å²) in [4.78, 5) is 27.6. The lowest BCUT2D eigenvalue weighted by Crippen LogP contribution is -2.51. The number of rotatable bonds is 4. The molecule has 0 aromatic carbocycles. The Morgan fingerprint density at radius 2 is 1.76 bits per heavy atom. The number of amides is 2. The molecule has 2 amide bonds. The zero-order valence-corrected chi connectivity index (χ0v) is 14.2. The molecule has 5 rings (SSSR count). The summed E-state index contributed by atoms with van der Waals surface area (Å²) in [7, 11) is 0. The molecule has 136 valence electrons. The van der Waals surface area contributed by atoms with E-state index < -0.39 is 22.9 Å². The van der Waals surface area contributed by atoms with Crippen molar-refractivity contribution in [3.05, 3.63) is 11.1 Å². The van der Waals surface area contributed by atoms with E-state index in [0.717, 1.165) is 41.5 Å². The van der Waals surface area contributed by atoms with Gasteiger partial charge in [-0.15, -0.1) is 11.3 Å². The van der Waals surface area contributed by atoms with Crippen LogP contribution in [-0.4, -0.2) is 22.0 Å². The van der Waals surface area contributed by atoms with Crippen LogP contribution in [-0.2, 0) is 15.5 Å². The number of hydrogen-bond donors (Lipinski definition) is 3. The van der Waals surface area contributed by atoms with E-state index in [1.165, 1.54) is 19.3 Å². The highest BCUT2D eigenvalue weighted by molar-refractivity contribution is 7.14. The zero-order chi connectivity index (χ0) is 17.8. The van der Waals surface area contributed by atoms with Gasteiger partial charge in [-0.05, 0) is 56.3 Å². The molecule has 4 aliphatic carbocycles. The fraction of sp³-hybridized carbons (Fsp3) is 0.688. The van der Waals surface area contributed by atoms with Crippen molar-refractivity contribution in [2.45, 2.75) is 44.4 Å². The molecule has 4 aliphatic rings. The van der Waals surface area contributed by atoms with Crippen molar-refractivity contribution >= 4 is 28.3 Å². The summed E-state index contributed by atoms with van der Waals surface area (Å²) in [6.45, 7) is 0. The van der Waals surface area contributed by atoms with Crippen LogP contribution in [0.3, 0.4) is 0 Å². The van der Waals surface area contributed by atoms with Crippen LogP contribution in [0.4, 0.5) is 13.9 Å². The number of anilines is 1. The third kappa shape index (κ3) is 2.73. The Bertz CT molecular complexity index is 686. The average molecular weight is 371 g/mol. The number of hydrogen-bond acceptors (Lipinski definition) is 5. The van der Waals surface area contributed by atoms with Gasteiger partial charge in [0, 0.05) is 5.38 Å². The molecule has 0 saturated heterocycles. The van der Waals surface area contributed by atoms with Crippen LogP contribution in [0.25, 0.3) is 0 Å². The summed E-state index contributed by atoms with van der Waals surface area (Å²) in [5, 5.41) is 12.2. The minimum atomic E-state index is -3.95. The van der Waals surface area contributed by atoms with Gasteiger partial charge in [-0.25, -0.2) is 10.5 Å². The number of halogens is 2. The minimum Gasteiger partial charge on any atom is -0.301 e. The lowest BCUT2D eigenvalue weighted by atomic mass is 9.49. The minimum absolute atomic E-state index is 0.0566. The topological polar surface area (TPSA) is 91.3 Å². The fourth-order valence-electron chi connectivity index (χ4n) is 5.28. The molecule has 3 N–H and O–H groups in total. The summed E-state index contributed by atoms with van der Waals surface area (Å²) in [5.74, 6) is -4.14. The van der Waals surface area contributed by atoms with E-state index in [0.29, 0.717) is 17.8 Å². The molecule has 1 heterocycles. The maximum Gasteiger partial charge on any atom is 0.369 e. The highest BCUT2D eigenvalue weighted by Gasteiger charge is 2.54. The third-order valence-corrected chi connectivity index (χ3v) is 6.71. The summed E-state index contributed by atoms with van der Waals surface area (Å²) < 4.78 is 27.5. The van der Waals surface area contributed by atoms with Gasteiger partial charge in [0.05, 0.1) is 5.41 Å². The number of thiazole rings is 1. The first kappa shape index (κ1) is 16.8. The van der Waals surface area contributed by atoms with Crippen LogP contribution in [0.2, 0.25) is 0 Å². The quantitative estimate of drug-likeness (QED) is 0.561. The Hall–Kier alpha value is -1.61. The van der Waals surface area contributed by atoms with Gasteiger partial charge in [0.15, 0.2) is 5.13 Å². The normalized spacial score (nSPS) is 33.3. The molecule has 6 nitrogen and oxygen atoms in total. The molecule has 0 unspecified atom stereocenters. The number of carbonyl (C=O) groups excluding carboxylic acids is 2. The predicted octanol–water partition coefficient (Wildman–Crippen LogP) is 2.90. The summed E-state index contributed by atoms with van der Waals surface area (Å²) >= 11 is 0.852. The SMILES string of the molecule is O=C(Nc1nc(C(F)(F)C(=O)NO)cs1)C12CC3CC(CC(C3)C1)C2. The standard InChI is InChI=1S/C16H19F2N3O3S/c17-16(18,13(23)21-24)11-7-25-14(19-11)20-12(22)15-4-8-1-9(5-15)3-10(2-8)6-15/h7-10,24H,1-6H2,(H,21,23)(H,19,20,22). The zero-order valence-electron chi connectivity index (χ0n) is 13.4. The van der Waals surface area contributed by atoms with Gasteiger partial charge in [-0.2, -0.15) is 8.78 Å². The Labute approximate surface area is 147 Å². The number of aromatic nitrogens is 1.